The Morgan fingerprint density at radius 2 is 2.10 bits per heavy atom. The molecule has 0 saturated carbocycles. The first kappa shape index (κ1) is 16.0. The van der Waals surface area contributed by atoms with Crippen molar-refractivity contribution in [2.75, 3.05) is 17.3 Å². The van der Waals surface area contributed by atoms with Crippen LogP contribution in [0.1, 0.15) is 25.3 Å². The van der Waals surface area contributed by atoms with Crippen LogP contribution < -0.4 is 5.32 Å². The molecule has 1 heterocycles. The third-order valence-corrected chi connectivity index (χ3v) is 4.62. The van der Waals surface area contributed by atoms with Gasteiger partial charge in [0.1, 0.15) is 0 Å². The fourth-order valence-corrected chi connectivity index (χ4v) is 3.10. The van der Waals surface area contributed by atoms with Crippen molar-refractivity contribution in [3.05, 3.63) is 35.2 Å². The number of carbonyl (C=O) groups is 1. The van der Waals surface area contributed by atoms with Gasteiger partial charge in [0.05, 0.1) is 5.69 Å². The van der Waals surface area contributed by atoms with Crippen LogP contribution in [-0.4, -0.2) is 22.9 Å². The molecular weight excluding hydrogens is 300 g/mol. The van der Waals surface area contributed by atoms with E-state index in [4.69, 9.17) is 0 Å². The van der Waals surface area contributed by atoms with Crippen LogP contribution in [0.3, 0.4) is 0 Å². The molecule has 1 aromatic carbocycles. The number of benzene rings is 1. The van der Waals surface area contributed by atoms with Gasteiger partial charge in [0.25, 0.3) is 0 Å². The van der Waals surface area contributed by atoms with Gasteiger partial charge in [-0.1, -0.05) is 31.2 Å². The van der Waals surface area contributed by atoms with E-state index in [0.717, 1.165) is 29.9 Å². The lowest BCUT2D eigenvalue weighted by atomic mass is 10.1. The molecule has 0 aliphatic carbocycles. The zero-order valence-electron chi connectivity index (χ0n) is 12.4. The Morgan fingerprint density at radius 3 is 2.76 bits per heavy atom. The molecule has 0 atom stereocenters. The van der Waals surface area contributed by atoms with Gasteiger partial charge in [0.2, 0.25) is 5.91 Å². The average molecular weight is 320 g/mol. The highest BCUT2D eigenvalue weighted by Crippen LogP contribution is 2.25. The highest BCUT2D eigenvalue weighted by Gasteiger charge is 2.08. The molecule has 5 heteroatoms. The molecule has 2 aromatic rings. The summed E-state index contributed by atoms with van der Waals surface area (Å²) in [5.41, 5.74) is 3.32. The number of aromatic nitrogens is 1. The highest BCUT2D eigenvalue weighted by atomic mass is 32.2. The van der Waals surface area contributed by atoms with Gasteiger partial charge in [0.15, 0.2) is 5.13 Å². The van der Waals surface area contributed by atoms with Crippen LogP contribution in [0.2, 0.25) is 0 Å². The number of amides is 1. The standard InChI is InChI=1S/C16H20N2OS2/c1-3-12-6-8-13(9-7-12)14-11-21-16(17-14)18-15(19)5-4-10-20-2/h6-9,11H,3-5,10H2,1-2H3,(H,17,18,19). The van der Waals surface area contributed by atoms with E-state index in [0.29, 0.717) is 11.6 Å². The van der Waals surface area contributed by atoms with E-state index in [1.807, 2.05) is 5.38 Å². The van der Waals surface area contributed by atoms with Gasteiger partial charge in [-0.05, 0) is 30.4 Å². The Hall–Kier alpha value is -1.33. The van der Waals surface area contributed by atoms with E-state index < -0.39 is 0 Å². The number of hydrogen-bond acceptors (Lipinski definition) is 4. The molecule has 3 nitrogen and oxygen atoms in total. The number of anilines is 1. The van der Waals surface area contributed by atoms with Gasteiger partial charge in [-0.3, -0.25) is 4.79 Å². The highest BCUT2D eigenvalue weighted by molar-refractivity contribution is 7.98. The Kier molecular flexibility index (Phi) is 6.26. The van der Waals surface area contributed by atoms with Crippen LogP contribution in [0.15, 0.2) is 29.6 Å². The Morgan fingerprint density at radius 1 is 1.33 bits per heavy atom. The minimum Gasteiger partial charge on any atom is -0.302 e. The van der Waals surface area contributed by atoms with E-state index in [1.165, 1.54) is 16.9 Å². The largest absolute Gasteiger partial charge is 0.302 e. The fraction of sp³-hybridized carbons (Fsp3) is 0.375. The molecule has 112 valence electrons. The predicted octanol–water partition coefficient (Wildman–Crippen LogP) is 4.45. The molecule has 1 amide bonds. The van der Waals surface area contributed by atoms with Crippen LogP contribution in [0.25, 0.3) is 11.3 Å². The topological polar surface area (TPSA) is 42.0 Å². The van der Waals surface area contributed by atoms with Crippen LogP contribution in [0, 0.1) is 0 Å². The van der Waals surface area contributed by atoms with Gasteiger partial charge in [-0.2, -0.15) is 11.8 Å². The molecule has 21 heavy (non-hydrogen) atoms. The van der Waals surface area contributed by atoms with Crippen molar-refractivity contribution in [1.82, 2.24) is 4.98 Å². The number of nitrogens with zero attached hydrogens (tertiary/aromatic N) is 1. The van der Waals surface area contributed by atoms with E-state index in [2.05, 4.69) is 47.7 Å². The summed E-state index contributed by atoms with van der Waals surface area (Å²) in [4.78, 5) is 16.2. The smallest absolute Gasteiger partial charge is 0.226 e. The van der Waals surface area contributed by atoms with Crippen molar-refractivity contribution < 1.29 is 4.79 Å². The third kappa shape index (κ3) is 4.86. The Balaban J connectivity index is 1.95. The zero-order valence-corrected chi connectivity index (χ0v) is 14.0. The SMILES string of the molecule is CCc1ccc(-c2csc(NC(=O)CCCSC)n2)cc1. The molecule has 0 aliphatic rings. The molecule has 0 aliphatic heterocycles. The van der Waals surface area contributed by atoms with Crippen LogP contribution >= 0.6 is 23.1 Å². The van der Waals surface area contributed by atoms with E-state index in [9.17, 15) is 4.79 Å². The van der Waals surface area contributed by atoms with Gasteiger partial charge < -0.3 is 5.32 Å². The number of thiazole rings is 1. The van der Waals surface area contributed by atoms with E-state index in [-0.39, 0.29) is 5.91 Å². The molecule has 0 spiro atoms. The first-order valence-electron chi connectivity index (χ1n) is 7.06. The van der Waals surface area contributed by atoms with Crippen molar-refractivity contribution in [2.45, 2.75) is 26.2 Å². The number of carbonyl (C=O) groups excluding carboxylic acids is 1. The monoisotopic (exact) mass is 320 g/mol. The summed E-state index contributed by atoms with van der Waals surface area (Å²) in [7, 11) is 0. The zero-order chi connectivity index (χ0) is 15.1. The predicted molar refractivity (Wildman–Crippen MR) is 93.2 cm³/mol. The maximum absolute atomic E-state index is 11.8. The first-order chi connectivity index (χ1) is 10.2. The van der Waals surface area contributed by atoms with Crippen molar-refractivity contribution in [2.24, 2.45) is 0 Å². The second kappa shape index (κ2) is 8.20. The van der Waals surface area contributed by atoms with Crippen LogP contribution in [0.4, 0.5) is 5.13 Å². The second-order valence-electron chi connectivity index (χ2n) is 4.73. The Labute approximate surface area is 134 Å². The minimum absolute atomic E-state index is 0.0475. The summed E-state index contributed by atoms with van der Waals surface area (Å²) in [6.45, 7) is 2.14. The van der Waals surface area contributed by atoms with Crippen LogP contribution in [0.5, 0.6) is 0 Å². The normalized spacial score (nSPS) is 10.6. The number of nitrogens with one attached hydrogen (secondary N) is 1. The van der Waals surface area contributed by atoms with Gasteiger partial charge >= 0.3 is 0 Å². The summed E-state index contributed by atoms with van der Waals surface area (Å²) in [5, 5.41) is 5.54. The number of hydrogen-bond donors (Lipinski definition) is 1. The molecule has 1 aromatic heterocycles. The summed E-state index contributed by atoms with van der Waals surface area (Å²) in [5.74, 6) is 1.06. The molecule has 2 rings (SSSR count). The molecular formula is C16H20N2OS2. The lowest BCUT2D eigenvalue weighted by molar-refractivity contribution is -0.116. The summed E-state index contributed by atoms with van der Waals surface area (Å²) < 4.78 is 0. The summed E-state index contributed by atoms with van der Waals surface area (Å²) >= 11 is 3.23. The van der Waals surface area contributed by atoms with Crippen LogP contribution in [-0.2, 0) is 11.2 Å². The molecule has 0 fully saturated rings. The van der Waals surface area contributed by atoms with E-state index in [1.54, 1.807) is 11.8 Å². The van der Waals surface area contributed by atoms with Gasteiger partial charge in [0, 0.05) is 17.4 Å². The number of aryl methyl sites for hydroxylation is 1. The average Bonchev–Trinajstić information content (AvgIpc) is 2.96. The van der Waals surface area contributed by atoms with Crippen molar-refractivity contribution >= 4 is 34.1 Å². The summed E-state index contributed by atoms with van der Waals surface area (Å²) in [6.07, 6.45) is 4.55. The molecule has 0 bridgehead atoms. The molecule has 1 N–H and O–H groups in total. The second-order valence-corrected chi connectivity index (χ2v) is 6.58. The van der Waals surface area contributed by atoms with Crippen molar-refractivity contribution in [1.29, 1.82) is 0 Å². The van der Waals surface area contributed by atoms with Crippen molar-refractivity contribution in [3.8, 4) is 11.3 Å². The maximum atomic E-state index is 11.8. The third-order valence-electron chi connectivity index (χ3n) is 3.16. The minimum atomic E-state index is 0.0475. The molecule has 0 saturated heterocycles. The van der Waals surface area contributed by atoms with E-state index >= 15 is 0 Å². The lowest BCUT2D eigenvalue weighted by Crippen LogP contribution is -2.11. The van der Waals surface area contributed by atoms with Crippen molar-refractivity contribution in [3.63, 3.8) is 0 Å². The fourth-order valence-electron chi connectivity index (χ4n) is 1.93. The quantitative estimate of drug-likeness (QED) is 0.766. The number of thioether (sulfide) groups is 1. The lowest BCUT2D eigenvalue weighted by Gasteiger charge is -2.01. The maximum Gasteiger partial charge on any atom is 0.226 e. The molecule has 0 unspecified atom stereocenters. The molecule has 0 radical (unpaired) electrons. The van der Waals surface area contributed by atoms with Gasteiger partial charge in [-0.25, -0.2) is 4.98 Å². The first-order valence-corrected chi connectivity index (χ1v) is 9.34. The number of rotatable bonds is 7. The summed E-state index contributed by atoms with van der Waals surface area (Å²) in [6, 6.07) is 8.40. The Bertz CT molecular complexity index is 578. The van der Waals surface area contributed by atoms with Gasteiger partial charge in [-0.15, -0.1) is 11.3 Å².